The number of carbonyl (C=O) groups excluding carboxylic acids is 2. The minimum absolute atomic E-state index is 0.134. The predicted octanol–water partition coefficient (Wildman–Crippen LogP) is 3.99. The van der Waals surface area contributed by atoms with E-state index in [1.165, 1.54) is 17.0 Å². The Bertz CT molecular complexity index is 1180. The van der Waals surface area contributed by atoms with Crippen LogP contribution in [0.4, 0.5) is 5.82 Å². The fourth-order valence-electron chi connectivity index (χ4n) is 3.06. The number of para-hydroxylation sites is 1. The zero-order chi connectivity index (χ0) is 22.4. The number of rotatable bonds is 7. The highest BCUT2D eigenvalue weighted by Crippen LogP contribution is 2.29. The van der Waals surface area contributed by atoms with Crippen LogP contribution < -0.4 is 10.1 Å². The molecule has 31 heavy (non-hydrogen) atoms. The molecular formula is C23H24N4O4. The Morgan fingerprint density at radius 1 is 1.26 bits per heavy atom. The fourth-order valence-corrected chi connectivity index (χ4v) is 3.06. The molecule has 8 heteroatoms. The molecule has 3 rings (SSSR count). The van der Waals surface area contributed by atoms with Crippen molar-refractivity contribution in [3.05, 3.63) is 65.9 Å². The zero-order valence-corrected chi connectivity index (χ0v) is 17.9. The average Bonchev–Trinajstić information content (AvgIpc) is 3.17. The third-order valence-corrected chi connectivity index (χ3v) is 4.49. The lowest BCUT2D eigenvalue weighted by Crippen LogP contribution is -2.16. The van der Waals surface area contributed by atoms with E-state index in [1.54, 1.807) is 32.3 Å². The van der Waals surface area contributed by atoms with Crippen molar-refractivity contribution in [2.24, 2.45) is 0 Å². The number of hydrogen-bond acceptors (Lipinski definition) is 6. The lowest BCUT2D eigenvalue weighted by molar-refractivity contribution is -0.111. The Morgan fingerprint density at radius 3 is 2.77 bits per heavy atom. The first-order valence-corrected chi connectivity index (χ1v) is 9.80. The summed E-state index contributed by atoms with van der Waals surface area (Å²) >= 11 is 0. The van der Waals surface area contributed by atoms with Crippen LogP contribution in [0.3, 0.4) is 0 Å². The Kier molecular flexibility index (Phi) is 6.81. The van der Waals surface area contributed by atoms with Crippen molar-refractivity contribution in [2.45, 2.75) is 20.8 Å². The van der Waals surface area contributed by atoms with Gasteiger partial charge < -0.3 is 14.8 Å². The molecule has 1 amide bonds. The van der Waals surface area contributed by atoms with E-state index < -0.39 is 11.9 Å². The topological polar surface area (TPSA) is 95.3 Å². The number of allylic oxidation sites excluding steroid dienone is 3. The van der Waals surface area contributed by atoms with Gasteiger partial charge in [0.1, 0.15) is 16.8 Å². The summed E-state index contributed by atoms with van der Waals surface area (Å²) in [7, 11) is 1.58. The Labute approximate surface area is 180 Å². The van der Waals surface area contributed by atoms with Gasteiger partial charge in [0.15, 0.2) is 11.6 Å². The van der Waals surface area contributed by atoms with E-state index in [0.717, 1.165) is 10.9 Å². The molecule has 0 unspecified atom stereocenters. The molecule has 0 saturated carbocycles. The molecule has 1 aromatic carbocycles. The molecule has 2 heterocycles. The maximum atomic E-state index is 12.4. The number of amides is 1. The molecule has 8 nitrogen and oxygen atoms in total. The SMILES string of the molecule is C/C=C/C=C/C(=O)Nc1c(C(=O)OCC)cnn1-c1cc(C)c2cccc(OC)c2n1. The first-order chi connectivity index (χ1) is 15.0. The molecule has 0 aliphatic carbocycles. The van der Waals surface area contributed by atoms with Crippen molar-refractivity contribution in [1.29, 1.82) is 0 Å². The first kappa shape index (κ1) is 21.8. The van der Waals surface area contributed by atoms with Gasteiger partial charge in [-0.25, -0.2) is 9.78 Å². The molecule has 3 aromatic rings. The standard InChI is InChI=1S/C23H24N4O4/c1-5-7-8-12-20(28)26-22-17(23(29)31-6-2)14-24-27(22)19-13-15(3)16-10-9-11-18(30-4)21(16)25-19/h5,7-14H,6H2,1-4H3,(H,26,28)/b7-5+,12-8+. The number of hydrogen-bond donors (Lipinski definition) is 1. The van der Waals surface area contributed by atoms with E-state index in [-0.39, 0.29) is 18.0 Å². The van der Waals surface area contributed by atoms with Crippen molar-refractivity contribution < 1.29 is 19.1 Å². The summed E-state index contributed by atoms with van der Waals surface area (Å²) in [5, 5.41) is 7.95. The van der Waals surface area contributed by atoms with Crippen molar-refractivity contribution in [2.75, 3.05) is 19.0 Å². The normalized spacial score (nSPS) is 11.4. The van der Waals surface area contributed by atoms with Gasteiger partial charge in [-0.15, -0.1) is 0 Å². The molecular weight excluding hydrogens is 396 g/mol. The highest BCUT2D eigenvalue weighted by Gasteiger charge is 2.22. The molecule has 0 fully saturated rings. The van der Waals surface area contributed by atoms with Crippen LogP contribution in [-0.2, 0) is 9.53 Å². The lowest BCUT2D eigenvalue weighted by Gasteiger charge is -2.12. The Hall–Kier alpha value is -3.94. The van der Waals surface area contributed by atoms with Crippen LogP contribution in [0.1, 0.15) is 29.8 Å². The highest BCUT2D eigenvalue weighted by atomic mass is 16.5. The summed E-state index contributed by atoms with van der Waals surface area (Å²) in [5.74, 6) is 0.213. The molecule has 0 aliphatic heterocycles. The summed E-state index contributed by atoms with van der Waals surface area (Å²) < 4.78 is 12.0. The van der Waals surface area contributed by atoms with Gasteiger partial charge in [0.2, 0.25) is 5.91 Å². The van der Waals surface area contributed by atoms with Gasteiger partial charge in [-0.05, 0) is 38.5 Å². The van der Waals surface area contributed by atoms with Gasteiger partial charge in [0.05, 0.1) is 19.9 Å². The second kappa shape index (κ2) is 9.71. The number of nitrogens with zero attached hydrogens (tertiary/aromatic N) is 3. The number of aryl methyl sites for hydroxylation is 1. The number of aromatic nitrogens is 3. The lowest BCUT2D eigenvalue weighted by atomic mass is 10.1. The maximum Gasteiger partial charge on any atom is 0.343 e. The second-order valence-corrected chi connectivity index (χ2v) is 6.57. The van der Waals surface area contributed by atoms with Gasteiger partial charge in [0.25, 0.3) is 0 Å². The van der Waals surface area contributed by atoms with Crippen LogP contribution in [0.5, 0.6) is 5.75 Å². The number of methoxy groups -OCH3 is 1. The molecule has 0 saturated heterocycles. The number of esters is 1. The number of fused-ring (bicyclic) bond motifs is 1. The molecule has 0 aliphatic rings. The third-order valence-electron chi connectivity index (χ3n) is 4.49. The quantitative estimate of drug-likeness (QED) is 0.353. The van der Waals surface area contributed by atoms with E-state index in [0.29, 0.717) is 17.1 Å². The van der Waals surface area contributed by atoms with E-state index in [1.807, 2.05) is 38.1 Å². The average molecular weight is 420 g/mol. The number of benzene rings is 1. The second-order valence-electron chi connectivity index (χ2n) is 6.57. The van der Waals surface area contributed by atoms with Crippen LogP contribution in [0, 0.1) is 6.92 Å². The van der Waals surface area contributed by atoms with Crippen molar-refractivity contribution >= 4 is 28.6 Å². The molecule has 0 bridgehead atoms. The van der Waals surface area contributed by atoms with Crippen LogP contribution in [0.25, 0.3) is 16.7 Å². The van der Waals surface area contributed by atoms with Gasteiger partial charge in [-0.3, -0.25) is 4.79 Å². The summed E-state index contributed by atoms with van der Waals surface area (Å²) in [4.78, 5) is 29.5. The first-order valence-electron chi connectivity index (χ1n) is 9.80. The van der Waals surface area contributed by atoms with Gasteiger partial charge >= 0.3 is 5.97 Å². The maximum absolute atomic E-state index is 12.4. The highest BCUT2D eigenvalue weighted by molar-refractivity contribution is 6.04. The molecule has 2 aromatic heterocycles. The summed E-state index contributed by atoms with van der Waals surface area (Å²) in [6.45, 7) is 5.70. The van der Waals surface area contributed by atoms with Crippen molar-refractivity contribution in [3.63, 3.8) is 0 Å². The number of carbonyl (C=O) groups is 2. The van der Waals surface area contributed by atoms with Gasteiger partial charge in [0, 0.05) is 11.5 Å². The predicted molar refractivity (Wildman–Crippen MR) is 119 cm³/mol. The van der Waals surface area contributed by atoms with Gasteiger partial charge in [-0.1, -0.05) is 30.4 Å². The van der Waals surface area contributed by atoms with E-state index in [4.69, 9.17) is 9.47 Å². The van der Waals surface area contributed by atoms with E-state index in [9.17, 15) is 9.59 Å². The van der Waals surface area contributed by atoms with Crippen LogP contribution >= 0.6 is 0 Å². The number of pyridine rings is 1. The monoisotopic (exact) mass is 420 g/mol. The van der Waals surface area contributed by atoms with Crippen molar-refractivity contribution in [1.82, 2.24) is 14.8 Å². The van der Waals surface area contributed by atoms with E-state index in [2.05, 4.69) is 15.4 Å². The van der Waals surface area contributed by atoms with E-state index >= 15 is 0 Å². The van der Waals surface area contributed by atoms with Crippen LogP contribution in [0.15, 0.2) is 54.8 Å². The molecule has 0 spiro atoms. The molecule has 160 valence electrons. The zero-order valence-electron chi connectivity index (χ0n) is 17.9. The summed E-state index contributed by atoms with van der Waals surface area (Å²) in [5.41, 5.74) is 1.73. The van der Waals surface area contributed by atoms with Crippen LogP contribution in [-0.4, -0.2) is 40.4 Å². The van der Waals surface area contributed by atoms with Gasteiger partial charge in [-0.2, -0.15) is 9.78 Å². The number of nitrogens with one attached hydrogen (secondary N) is 1. The third kappa shape index (κ3) is 4.63. The minimum Gasteiger partial charge on any atom is -0.494 e. The fraction of sp³-hybridized carbons (Fsp3) is 0.217. The molecule has 1 N–H and O–H groups in total. The minimum atomic E-state index is -0.587. The summed E-state index contributed by atoms with van der Waals surface area (Å²) in [6.07, 6.45) is 7.83. The molecule has 0 atom stereocenters. The Balaban J connectivity index is 2.14. The molecule has 0 radical (unpaired) electrons. The Morgan fingerprint density at radius 2 is 2.06 bits per heavy atom. The largest absolute Gasteiger partial charge is 0.494 e. The summed E-state index contributed by atoms with van der Waals surface area (Å²) in [6, 6.07) is 7.49. The number of ether oxygens (including phenoxy) is 2. The smallest absolute Gasteiger partial charge is 0.343 e. The number of anilines is 1. The van der Waals surface area contributed by atoms with Crippen LogP contribution in [0.2, 0.25) is 0 Å². The van der Waals surface area contributed by atoms with Crippen molar-refractivity contribution in [3.8, 4) is 11.6 Å².